The third-order valence-electron chi connectivity index (χ3n) is 5.82. The van der Waals surface area contributed by atoms with Gasteiger partial charge in [0.1, 0.15) is 5.82 Å². The molecule has 0 spiro atoms. The zero-order valence-electron chi connectivity index (χ0n) is 19.7. The van der Waals surface area contributed by atoms with Crippen molar-refractivity contribution < 1.29 is 14.3 Å². The number of hydrogen-bond donors (Lipinski definition) is 1. The van der Waals surface area contributed by atoms with Crippen LogP contribution in [-0.4, -0.2) is 36.2 Å². The largest absolute Gasteiger partial charge is 0.493 e. The molecule has 1 N–H and O–H groups in total. The van der Waals surface area contributed by atoms with Gasteiger partial charge in [-0.3, -0.25) is 4.79 Å². The average molecular weight is 512 g/mol. The number of nitrogens with one attached hydrogen (secondary N) is 1. The van der Waals surface area contributed by atoms with Gasteiger partial charge in [0, 0.05) is 28.6 Å². The Bertz CT molecular complexity index is 1320. The molecule has 1 amide bonds. The zero-order valence-corrected chi connectivity index (χ0v) is 21.2. The number of imidazole rings is 1. The van der Waals surface area contributed by atoms with Gasteiger partial charge >= 0.3 is 0 Å². The van der Waals surface area contributed by atoms with Crippen molar-refractivity contribution in [2.24, 2.45) is 0 Å². The molecule has 8 heteroatoms. The Hall–Kier alpha value is -3.22. The van der Waals surface area contributed by atoms with Gasteiger partial charge in [0.05, 0.1) is 38.2 Å². The van der Waals surface area contributed by atoms with Crippen molar-refractivity contribution in [1.82, 2.24) is 14.9 Å². The summed E-state index contributed by atoms with van der Waals surface area (Å²) in [6.45, 7) is 1.07. The highest BCUT2D eigenvalue weighted by molar-refractivity contribution is 6.36. The molecule has 0 radical (unpaired) electrons. The maximum atomic E-state index is 12.5. The molecule has 0 saturated heterocycles. The first-order valence-corrected chi connectivity index (χ1v) is 12.1. The first-order chi connectivity index (χ1) is 17.0. The van der Waals surface area contributed by atoms with Crippen molar-refractivity contribution in [2.75, 3.05) is 20.8 Å². The van der Waals surface area contributed by atoms with Gasteiger partial charge in [0.2, 0.25) is 5.91 Å². The van der Waals surface area contributed by atoms with E-state index in [1.807, 2.05) is 54.6 Å². The minimum atomic E-state index is -0.0476. The lowest BCUT2D eigenvalue weighted by atomic mass is 10.1. The molecule has 0 aliphatic rings. The van der Waals surface area contributed by atoms with Gasteiger partial charge in [-0.2, -0.15) is 0 Å². The summed E-state index contributed by atoms with van der Waals surface area (Å²) in [5, 5.41) is 4.26. The molecule has 182 valence electrons. The highest BCUT2D eigenvalue weighted by Gasteiger charge is 2.14. The fraction of sp³-hybridized carbons (Fsp3) is 0.259. The third kappa shape index (κ3) is 5.89. The molecule has 35 heavy (non-hydrogen) atoms. The maximum absolute atomic E-state index is 12.5. The Morgan fingerprint density at radius 3 is 2.46 bits per heavy atom. The molecule has 0 bridgehead atoms. The van der Waals surface area contributed by atoms with Gasteiger partial charge in [-0.15, -0.1) is 0 Å². The Morgan fingerprint density at radius 1 is 0.971 bits per heavy atom. The van der Waals surface area contributed by atoms with Crippen molar-refractivity contribution >= 4 is 40.1 Å². The van der Waals surface area contributed by atoms with Gasteiger partial charge in [0.25, 0.3) is 0 Å². The molecule has 0 saturated carbocycles. The van der Waals surface area contributed by atoms with Crippen LogP contribution in [0.25, 0.3) is 11.0 Å². The number of amides is 1. The Balaban J connectivity index is 1.40. The summed E-state index contributed by atoms with van der Waals surface area (Å²) in [6, 6.07) is 19.0. The van der Waals surface area contributed by atoms with Gasteiger partial charge in [-0.05, 0) is 48.4 Å². The van der Waals surface area contributed by atoms with E-state index in [0.717, 1.165) is 34.4 Å². The second-order valence-electron chi connectivity index (χ2n) is 8.12. The van der Waals surface area contributed by atoms with E-state index in [1.165, 1.54) is 0 Å². The number of fused-ring (bicyclic) bond motifs is 1. The van der Waals surface area contributed by atoms with Crippen LogP contribution in [0.5, 0.6) is 11.5 Å². The number of para-hydroxylation sites is 2. The molecule has 0 aliphatic carbocycles. The number of hydrogen-bond acceptors (Lipinski definition) is 4. The van der Waals surface area contributed by atoms with Crippen molar-refractivity contribution in [3.05, 3.63) is 87.7 Å². The SMILES string of the molecule is COc1ccc(CC(=O)NCCCc2nc3ccccc3n2Cc2c(Cl)cccc2Cl)cc1OC. The van der Waals surface area contributed by atoms with Crippen molar-refractivity contribution in [1.29, 1.82) is 0 Å². The summed E-state index contributed by atoms with van der Waals surface area (Å²) < 4.78 is 12.7. The highest BCUT2D eigenvalue weighted by atomic mass is 35.5. The Kier molecular flexibility index (Phi) is 8.16. The topological polar surface area (TPSA) is 65.4 Å². The number of aryl methyl sites for hydroxylation is 1. The van der Waals surface area contributed by atoms with Gasteiger partial charge < -0.3 is 19.4 Å². The van der Waals surface area contributed by atoms with Gasteiger partial charge in [-0.25, -0.2) is 4.98 Å². The van der Waals surface area contributed by atoms with Crippen LogP contribution in [-0.2, 0) is 24.2 Å². The fourth-order valence-corrected chi connectivity index (χ4v) is 4.56. The summed E-state index contributed by atoms with van der Waals surface area (Å²) in [4.78, 5) is 17.3. The number of aromatic nitrogens is 2. The maximum Gasteiger partial charge on any atom is 0.224 e. The quantitative estimate of drug-likeness (QED) is 0.277. The second-order valence-corrected chi connectivity index (χ2v) is 8.94. The van der Waals surface area contributed by atoms with Crippen molar-refractivity contribution in [2.45, 2.75) is 25.8 Å². The van der Waals surface area contributed by atoms with Crippen LogP contribution in [0, 0.1) is 0 Å². The summed E-state index contributed by atoms with van der Waals surface area (Å²) in [6.07, 6.45) is 1.72. The van der Waals surface area contributed by atoms with Crippen LogP contribution in [0.4, 0.5) is 0 Å². The molecule has 1 aromatic heterocycles. The average Bonchev–Trinajstić information content (AvgIpc) is 3.21. The molecule has 4 aromatic rings. The van der Waals surface area contributed by atoms with E-state index in [1.54, 1.807) is 20.3 Å². The van der Waals surface area contributed by atoms with Crippen LogP contribution in [0.3, 0.4) is 0 Å². The fourth-order valence-electron chi connectivity index (χ4n) is 4.05. The minimum absolute atomic E-state index is 0.0476. The number of methoxy groups -OCH3 is 2. The van der Waals surface area contributed by atoms with E-state index in [0.29, 0.717) is 41.1 Å². The second kappa shape index (κ2) is 11.5. The number of halogens is 2. The van der Waals surface area contributed by atoms with E-state index in [4.69, 9.17) is 37.7 Å². The summed E-state index contributed by atoms with van der Waals surface area (Å²) in [7, 11) is 3.16. The molecule has 0 fully saturated rings. The molecule has 0 atom stereocenters. The number of benzene rings is 3. The summed E-state index contributed by atoms with van der Waals surface area (Å²) in [5.41, 5.74) is 3.67. The van der Waals surface area contributed by atoms with Crippen molar-refractivity contribution in [3.8, 4) is 11.5 Å². The predicted octanol–water partition coefficient (Wildman–Crippen LogP) is 5.70. The molecular weight excluding hydrogens is 485 g/mol. The third-order valence-corrected chi connectivity index (χ3v) is 6.53. The number of nitrogens with zero attached hydrogens (tertiary/aromatic N) is 2. The van der Waals surface area contributed by atoms with Gasteiger partial charge in [-0.1, -0.05) is 47.5 Å². The summed E-state index contributed by atoms with van der Waals surface area (Å²) in [5.74, 6) is 2.12. The van der Waals surface area contributed by atoms with Crippen LogP contribution in [0.15, 0.2) is 60.7 Å². The van der Waals surface area contributed by atoms with Crippen LogP contribution < -0.4 is 14.8 Å². The van der Waals surface area contributed by atoms with Crippen molar-refractivity contribution in [3.63, 3.8) is 0 Å². The molecule has 0 unspecified atom stereocenters. The minimum Gasteiger partial charge on any atom is -0.493 e. The molecule has 4 rings (SSSR count). The van der Waals surface area contributed by atoms with E-state index >= 15 is 0 Å². The van der Waals surface area contributed by atoms with Crippen LogP contribution in [0.1, 0.15) is 23.4 Å². The normalized spacial score (nSPS) is 11.0. The first-order valence-electron chi connectivity index (χ1n) is 11.3. The monoisotopic (exact) mass is 511 g/mol. The number of rotatable bonds is 10. The Labute approximate surface area is 214 Å². The van der Waals surface area contributed by atoms with Crippen LogP contribution >= 0.6 is 23.2 Å². The summed E-state index contributed by atoms with van der Waals surface area (Å²) >= 11 is 12.9. The lowest BCUT2D eigenvalue weighted by molar-refractivity contribution is -0.120. The molecule has 0 aliphatic heterocycles. The molecule has 6 nitrogen and oxygen atoms in total. The Morgan fingerprint density at radius 2 is 1.71 bits per heavy atom. The molecule has 3 aromatic carbocycles. The van der Waals surface area contributed by atoms with E-state index in [9.17, 15) is 4.79 Å². The van der Waals surface area contributed by atoms with Gasteiger partial charge in [0.15, 0.2) is 11.5 Å². The predicted molar refractivity (Wildman–Crippen MR) is 140 cm³/mol. The lowest BCUT2D eigenvalue weighted by Gasteiger charge is -2.13. The number of ether oxygens (including phenoxy) is 2. The highest BCUT2D eigenvalue weighted by Crippen LogP contribution is 2.29. The van der Waals surface area contributed by atoms with E-state index in [2.05, 4.69) is 9.88 Å². The van der Waals surface area contributed by atoms with E-state index in [-0.39, 0.29) is 12.3 Å². The van der Waals surface area contributed by atoms with E-state index < -0.39 is 0 Å². The first kappa shape index (κ1) is 24.9. The van der Waals surface area contributed by atoms with Crippen LogP contribution in [0.2, 0.25) is 10.0 Å². The zero-order chi connectivity index (χ0) is 24.8. The smallest absolute Gasteiger partial charge is 0.224 e. The molecule has 1 heterocycles. The standard InChI is InChI=1S/C27H27Cl2N3O3/c1-34-24-13-12-18(15-25(24)35-2)16-27(33)30-14-6-11-26-31-22-9-3-4-10-23(22)32(26)17-19-20(28)7-5-8-21(19)29/h3-5,7-10,12-13,15H,6,11,14,16-17H2,1-2H3,(H,30,33). The number of carbonyl (C=O) groups excluding carboxylic acids is 1. The molecular formula is C27H27Cl2N3O3. The number of carbonyl (C=O) groups is 1. The lowest BCUT2D eigenvalue weighted by Crippen LogP contribution is -2.26.